The van der Waals surface area contributed by atoms with E-state index in [1.165, 1.54) is 6.92 Å². The summed E-state index contributed by atoms with van der Waals surface area (Å²) in [5.74, 6) is -0.158. The van der Waals surface area contributed by atoms with Crippen LogP contribution in [0.15, 0.2) is 41.1 Å². The molecule has 4 rings (SSSR count). The monoisotopic (exact) mass is 400 g/mol. The van der Waals surface area contributed by atoms with Gasteiger partial charge in [0, 0.05) is 30.3 Å². The quantitative estimate of drug-likeness (QED) is 0.629. The number of hydrogen-bond donors (Lipinski definition) is 0. The fourth-order valence-electron chi connectivity index (χ4n) is 3.51. The molecule has 0 saturated heterocycles. The maximum absolute atomic E-state index is 13.0. The summed E-state index contributed by atoms with van der Waals surface area (Å²) < 4.78 is 4.23. The molecule has 0 aromatic carbocycles. The Balaban J connectivity index is 1.70. The number of aromatic nitrogens is 3. The van der Waals surface area contributed by atoms with Gasteiger partial charge in [-0.25, -0.2) is 4.52 Å². The van der Waals surface area contributed by atoms with Crippen LogP contribution in [0, 0.1) is 0 Å². The van der Waals surface area contributed by atoms with Gasteiger partial charge in [-0.1, -0.05) is 0 Å². The van der Waals surface area contributed by atoms with Gasteiger partial charge in [0.25, 0.3) is 5.91 Å². The zero-order valence-electron chi connectivity index (χ0n) is 13.9. The fourth-order valence-corrected chi connectivity index (χ4v) is 3.84. The highest BCUT2D eigenvalue weighted by Gasteiger charge is 2.32. The molecule has 1 unspecified atom stereocenters. The van der Waals surface area contributed by atoms with Crippen molar-refractivity contribution in [3.05, 3.63) is 58.1 Å². The third kappa shape index (κ3) is 2.59. The lowest BCUT2D eigenvalue weighted by molar-refractivity contribution is 0.0657. The highest BCUT2D eigenvalue weighted by molar-refractivity contribution is 9.10. The SMILES string of the molecule is CC(=O)n1ccc2c1C(C)N(C(=O)c1cc3ccc(Br)cn3n1)CC2. The Morgan fingerprint density at radius 2 is 2.08 bits per heavy atom. The van der Waals surface area contributed by atoms with Gasteiger partial charge in [-0.3, -0.25) is 14.2 Å². The first-order valence-electron chi connectivity index (χ1n) is 8.12. The summed E-state index contributed by atoms with van der Waals surface area (Å²) in [6, 6.07) is 7.41. The maximum Gasteiger partial charge on any atom is 0.274 e. The Morgan fingerprint density at radius 1 is 1.28 bits per heavy atom. The second-order valence-electron chi connectivity index (χ2n) is 6.29. The number of rotatable bonds is 1. The molecule has 1 atom stereocenters. The third-order valence-corrected chi connectivity index (χ3v) is 5.21. The summed E-state index contributed by atoms with van der Waals surface area (Å²) in [5, 5.41) is 4.41. The minimum atomic E-state index is -0.174. The predicted molar refractivity (Wildman–Crippen MR) is 96.8 cm³/mol. The zero-order chi connectivity index (χ0) is 17.7. The number of fused-ring (bicyclic) bond motifs is 2. The van der Waals surface area contributed by atoms with E-state index in [9.17, 15) is 9.59 Å². The Kier molecular flexibility index (Phi) is 3.76. The van der Waals surface area contributed by atoms with Gasteiger partial charge in [-0.15, -0.1) is 0 Å². The summed E-state index contributed by atoms with van der Waals surface area (Å²) in [7, 11) is 0. The van der Waals surface area contributed by atoms with Crippen molar-refractivity contribution in [3.8, 4) is 0 Å². The smallest absolute Gasteiger partial charge is 0.274 e. The van der Waals surface area contributed by atoms with Gasteiger partial charge >= 0.3 is 0 Å². The Morgan fingerprint density at radius 3 is 2.84 bits per heavy atom. The van der Waals surface area contributed by atoms with Crippen LogP contribution in [0.25, 0.3) is 5.52 Å². The number of hydrogen-bond acceptors (Lipinski definition) is 3. The van der Waals surface area contributed by atoms with Crippen LogP contribution in [0.3, 0.4) is 0 Å². The number of amides is 1. The molecule has 7 heteroatoms. The van der Waals surface area contributed by atoms with Crippen LogP contribution in [0.5, 0.6) is 0 Å². The normalized spacial score (nSPS) is 16.9. The fraction of sp³-hybridized carbons (Fsp3) is 0.278. The van der Waals surface area contributed by atoms with Gasteiger partial charge in [0.2, 0.25) is 5.91 Å². The Labute approximate surface area is 153 Å². The summed E-state index contributed by atoms with van der Waals surface area (Å²) in [6.07, 6.45) is 4.36. The van der Waals surface area contributed by atoms with Gasteiger partial charge in [0.05, 0.1) is 17.3 Å². The highest BCUT2D eigenvalue weighted by atomic mass is 79.9. The average molecular weight is 401 g/mol. The molecule has 0 aliphatic carbocycles. The average Bonchev–Trinajstić information content (AvgIpc) is 3.18. The van der Waals surface area contributed by atoms with Crippen LogP contribution in [-0.4, -0.2) is 37.4 Å². The van der Waals surface area contributed by atoms with E-state index in [4.69, 9.17) is 0 Å². The van der Waals surface area contributed by atoms with E-state index in [0.717, 1.165) is 27.7 Å². The van der Waals surface area contributed by atoms with Gasteiger partial charge in [0.1, 0.15) is 0 Å². The molecular formula is C18H17BrN4O2. The van der Waals surface area contributed by atoms with Gasteiger partial charge < -0.3 is 4.90 Å². The highest BCUT2D eigenvalue weighted by Crippen LogP contribution is 2.31. The van der Waals surface area contributed by atoms with Crippen molar-refractivity contribution >= 4 is 33.3 Å². The van der Waals surface area contributed by atoms with Gasteiger partial charge in [-0.2, -0.15) is 5.10 Å². The molecule has 1 aliphatic rings. The molecule has 3 aromatic rings. The van der Waals surface area contributed by atoms with Crippen molar-refractivity contribution < 1.29 is 9.59 Å². The van der Waals surface area contributed by atoms with E-state index in [1.807, 2.05) is 31.3 Å². The van der Waals surface area contributed by atoms with Crippen molar-refractivity contribution in [2.45, 2.75) is 26.3 Å². The third-order valence-electron chi connectivity index (χ3n) is 4.74. The molecule has 1 aliphatic heterocycles. The number of pyridine rings is 1. The van der Waals surface area contributed by atoms with Crippen LogP contribution in [0.4, 0.5) is 0 Å². The van der Waals surface area contributed by atoms with Gasteiger partial charge in [-0.05, 0) is 59.1 Å². The molecule has 0 radical (unpaired) electrons. The zero-order valence-corrected chi connectivity index (χ0v) is 15.5. The van der Waals surface area contributed by atoms with Crippen molar-refractivity contribution in [2.24, 2.45) is 0 Å². The lowest BCUT2D eigenvalue weighted by atomic mass is 10.0. The molecule has 0 N–H and O–H groups in total. The predicted octanol–water partition coefficient (Wildman–Crippen LogP) is 3.32. The topological polar surface area (TPSA) is 59.6 Å². The van der Waals surface area contributed by atoms with Crippen LogP contribution in [0.2, 0.25) is 0 Å². The molecule has 1 amide bonds. The maximum atomic E-state index is 13.0. The largest absolute Gasteiger partial charge is 0.329 e. The first-order chi connectivity index (χ1) is 12.0. The first kappa shape index (κ1) is 16.1. The van der Waals surface area contributed by atoms with Crippen molar-refractivity contribution in [2.75, 3.05) is 6.54 Å². The standard InChI is InChI=1S/C18H17BrN4O2/c1-11-17-13(6-8-22(17)12(2)24)5-7-21(11)18(25)16-9-15-4-3-14(19)10-23(15)20-16/h3-4,6,8-11H,5,7H2,1-2H3. The Bertz CT molecular complexity index is 1000. The molecule has 0 spiro atoms. The summed E-state index contributed by atoms with van der Waals surface area (Å²) in [5.41, 5.74) is 3.31. The molecule has 6 nitrogen and oxygen atoms in total. The van der Waals surface area contributed by atoms with Crippen molar-refractivity contribution in [1.82, 2.24) is 19.1 Å². The molecule has 4 heterocycles. The minimum absolute atomic E-state index is 0.0417. The molecule has 25 heavy (non-hydrogen) atoms. The molecule has 0 bridgehead atoms. The van der Waals surface area contributed by atoms with Crippen LogP contribution < -0.4 is 0 Å². The Hall–Kier alpha value is -2.41. The van der Waals surface area contributed by atoms with Crippen molar-refractivity contribution in [1.29, 1.82) is 0 Å². The number of nitrogens with zero attached hydrogens (tertiary/aromatic N) is 4. The first-order valence-corrected chi connectivity index (χ1v) is 8.92. The van der Waals surface area contributed by atoms with Crippen LogP contribution in [-0.2, 0) is 6.42 Å². The van der Waals surface area contributed by atoms with Crippen LogP contribution >= 0.6 is 15.9 Å². The van der Waals surface area contributed by atoms with E-state index in [1.54, 1.807) is 26.2 Å². The van der Waals surface area contributed by atoms with E-state index in [-0.39, 0.29) is 17.9 Å². The number of carbonyl (C=O) groups is 2. The summed E-state index contributed by atoms with van der Waals surface area (Å²) in [6.45, 7) is 4.11. The molecule has 3 aromatic heterocycles. The minimum Gasteiger partial charge on any atom is -0.329 e. The van der Waals surface area contributed by atoms with E-state index in [2.05, 4.69) is 21.0 Å². The van der Waals surface area contributed by atoms with E-state index >= 15 is 0 Å². The molecule has 0 saturated carbocycles. The van der Waals surface area contributed by atoms with Gasteiger partial charge in [0.15, 0.2) is 5.69 Å². The molecular weight excluding hydrogens is 384 g/mol. The number of halogens is 1. The molecule has 128 valence electrons. The molecule has 0 fully saturated rings. The summed E-state index contributed by atoms with van der Waals surface area (Å²) >= 11 is 3.41. The van der Waals surface area contributed by atoms with E-state index in [0.29, 0.717) is 12.2 Å². The lowest BCUT2D eigenvalue weighted by Crippen LogP contribution is -2.40. The van der Waals surface area contributed by atoms with E-state index < -0.39 is 0 Å². The van der Waals surface area contributed by atoms with Crippen LogP contribution in [0.1, 0.15) is 46.4 Å². The number of carbonyl (C=O) groups excluding carboxylic acids is 2. The summed E-state index contributed by atoms with van der Waals surface area (Å²) in [4.78, 5) is 26.7. The second kappa shape index (κ2) is 5.84. The van der Waals surface area contributed by atoms with Crippen molar-refractivity contribution in [3.63, 3.8) is 0 Å². The lowest BCUT2D eigenvalue weighted by Gasteiger charge is -2.34. The second-order valence-corrected chi connectivity index (χ2v) is 7.20.